The third-order valence-corrected chi connectivity index (χ3v) is 5.45. The van der Waals surface area contributed by atoms with Gasteiger partial charge in [-0.3, -0.25) is 0 Å². The minimum atomic E-state index is 0.552. The van der Waals surface area contributed by atoms with E-state index < -0.39 is 0 Å². The number of thiophene rings is 1. The van der Waals surface area contributed by atoms with E-state index in [1.54, 1.807) is 11.3 Å². The average Bonchev–Trinajstić information content (AvgIpc) is 2.88. The number of nitrogens with one attached hydrogen (secondary N) is 2. The summed E-state index contributed by atoms with van der Waals surface area (Å²) in [6.07, 6.45) is 6.50. The number of nitrogens with zero attached hydrogens (tertiary/aromatic N) is 2. The highest BCUT2D eigenvalue weighted by molar-refractivity contribution is 7.18. The largest absolute Gasteiger partial charge is 0.367 e. The van der Waals surface area contributed by atoms with E-state index in [9.17, 15) is 0 Å². The Labute approximate surface area is 130 Å². The molecular weight excluding hydrogens is 280 g/mol. The molecule has 0 spiro atoms. The molecule has 1 aliphatic rings. The van der Waals surface area contributed by atoms with Gasteiger partial charge in [-0.1, -0.05) is 13.3 Å². The third-order valence-electron chi connectivity index (χ3n) is 4.50. The minimum absolute atomic E-state index is 0.552. The molecule has 0 radical (unpaired) electrons. The van der Waals surface area contributed by atoms with Crippen molar-refractivity contribution >= 4 is 33.3 Å². The van der Waals surface area contributed by atoms with E-state index in [1.807, 2.05) is 7.05 Å². The topological polar surface area (TPSA) is 49.8 Å². The first-order valence-corrected chi connectivity index (χ1v) is 8.73. The molecule has 2 heterocycles. The summed E-state index contributed by atoms with van der Waals surface area (Å²) in [7, 11) is 1.87. The molecule has 0 aromatic carbocycles. The maximum atomic E-state index is 4.64. The maximum Gasteiger partial charge on any atom is 0.225 e. The van der Waals surface area contributed by atoms with Gasteiger partial charge in [-0.05, 0) is 44.6 Å². The summed E-state index contributed by atoms with van der Waals surface area (Å²) in [4.78, 5) is 11.5. The first kappa shape index (κ1) is 14.6. The monoisotopic (exact) mass is 304 g/mol. The Kier molecular flexibility index (Phi) is 4.29. The average molecular weight is 304 g/mol. The van der Waals surface area contributed by atoms with Crippen LogP contribution >= 0.6 is 11.3 Å². The van der Waals surface area contributed by atoms with E-state index in [0.717, 1.165) is 22.0 Å². The van der Waals surface area contributed by atoms with Crippen LogP contribution in [0.4, 0.5) is 11.8 Å². The van der Waals surface area contributed by atoms with Gasteiger partial charge in [0.1, 0.15) is 10.6 Å². The molecule has 0 amide bonds. The fourth-order valence-electron chi connectivity index (χ4n) is 3.17. The van der Waals surface area contributed by atoms with Crippen molar-refractivity contribution in [2.24, 2.45) is 5.92 Å². The number of anilines is 2. The van der Waals surface area contributed by atoms with Crippen molar-refractivity contribution < 1.29 is 0 Å². The van der Waals surface area contributed by atoms with Gasteiger partial charge in [0.25, 0.3) is 0 Å². The summed E-state index contributed by atoms with van der Waals surface area (Å²) in [5.74, 6) is 2.62. The zero-order chi connectivity index (χ0) is 14.8. The molecule has 21 heavy (non-hydrogen) atoms. The van der Waals surface area contributed by atoms with Gasteiger partial charge in [0.05, 0.1) is 5.39 Å². The van der Waals surface area contributed by atoms with Crippen molar-refractivity contribution in [3.8, 4) is 0 Å². The first-order valence-electron chi connectivity index (χ1n) is 7.92. The molecule has 114 valence electrons. The molecule has 1 aliphatic carbocycles. The lowest BCUT2D eigenvalue weighted by Crippen LogP contribution is -2.26. The van der Waals surface area contributed by atoms with Crippen LogP contribution in [-0.4, -0.2) is 23.1 Å². The number of aromatic nitrogens is 2. The van der Waals surface area contributed by atoms with Gasteiger partial charge in [0.15, 0.2) is 0 Å². The number of hydrogen-bond donors (Lipinski definition) is 2. The molecule has 0 atom stereocenters. The second kappa shape index (κ2) is 6.18. The van der Waals surface area contributed by atoms with Crippen LogP contribution in [0.15, 0.2) is 6.07 Å². The van der Waals surface area contributed by atoms with Crippen molar-refractivity contribution in [1.82, 2.24) is 9.97 Å². The molecule has 0 unspecified atom stereocenters. The lowest BCUT2D eigenvalue weighted by atomic mass is 9.84. The molecule has 0 saturated heterocycles. The zero-order valence-corrected chi connectivity index (χ0v) is 13.9. The highest BCUT2D eigenvalue weighted by Crippen LogP contribution is 2.33. The van der Waals surface area contributed by atoms with Crippen LogP contribution in [0, 0.1) is 12.8 Å². The Morgan fingerprint density at radius 2 is 2.00 bits per heavy atom. The van der Waals surface area contributed by atoms with Gasteiger partial charge >= 0.3 is 0 Å². The fourth-order valence-corrected chi connectivity index (χ4v) is 4.05. The van der Waals surface area contributed by atoms with Crippen LogP contribution in [0.25, 0.3) is 10.2 Å². The van der Waals surface area contributed by atoms with E-state index in [2.05, 4.69) is 40.5 Å². The first-order chi connectivity index (χ1) is 10.2. The van der Waals surface area contributed by atoms with E-state index in [1.165, 1.54) is 37.0 Å². The van der Waals surface area contributed by atoms with Crippen LogP contribution in [0.1, 0.15) is 43.9 Å². The molecule has 2 aromatic rings. The van der Waals surface area contributed by atoms with Crippen molar-refractivity contribution in [3.63, 3.8) is 0 Å². The second-order valence-corrected chi connectivity index (χ2v) is 7.23. The van der Waals surface area contributed by atoms with E-state index in [0.29, 0.717) is 12.0 Å². The number of hydrogen-bond acceptors (Lipinski definition) is 5. The molecule has 2 aromatic heterocycles. The van der Waals surface area contributed by atoms with Gasteiger partial charge < -0.3 is 10.6 Å². The summed E-state index contributed by atoms with van der Waals surface area (Å²) in [6, 6.07) is 2.75. The summed E-state index contributed by atoms with van der Waals surface area (Å²) in [5.41, 5.74) is 0. The lowest BCUT2D eigenvalue weighted by molar-refractivity contribution is 0.330. The predicted molar refractivity (Wildman–Crippen MR) is 91.4 cm³/mol. The van der Waals surface area contributed by atoms with Gasteiger partial charge in [-0.2, -0.15) is 4.98 Å². The molecule has 2 N–H and O–H groups in total. The van der Waals surface area contributed by atoms with Crippen molar-refractivity contribution in [1.29, 1.82) is 0 Å². The van der Waals surface area contributed by atoms with Crippen molar-refractivity contribution in [2.75, 3.05) is 17.7 Å². The summed E-state index contributed by atoms with van der Waals surface area (Å²) in [6.45, 7) is 4.43. The van der Waals surface area contributed by atoms with Crippen molar-refractivity contribution in [2.45, 2.75) is 52.0 Å². The molecule has 0 aliphatic heterocycles. The molecular formula is C16H24N4S. The van der Waals surface area contributed by atoms with Crippen LogP contribution in [-0.2, 0) is 0 Å². The van der Waals surface area contributed by atoms with E-state index in [-0.39, 0.29) is 0 Å². The number of fused-ring (bicyclic) bond motifs is 1. The predicted octanol–water partition coefficient (Wildman–Crippen LogP) is 4.42. The van der Waals surface area contributed by atoms with Gasteiger partial charge in [-0.25, -0.2) is 4.98 Å². The summed E-state index contributed by atoms with van der Waals surface area (Å²) >= 11 is 1.73. The van der Waals surface area contributed by atoms with Gasteiger partial charge in [-0.15, -0.1) is 11.3 Å². The Morgan fingerprint density at radius 3 is 2.67 bits per heavy atom. The Bertz CT molecular complexity index is 614. The van der Waals surface area contributed by atoms with Gasteiger partial charge in [0.2, 0.25) is 5.95 Å². The van der Waals surface area contributed by atoms with Crippen LogP contribution in [0.5, 0.6) is 0 Å². The van der Waals surface area contributed by atoms with Crippen LogP contribution < -0.4 is 10.6 Å². The summed E-state index contributed by atoms with van der Waals surface area (Å²) < 4.78 is 0. The number of rotatable bonds is 4. The number of aryl methyl sites for hydroxylation is 1. The van der Waals surface area contributed by atoms with Crippen molar-refractivity contribution in [3.05, 3.63) is 10.9 Å². The highest BCUT2D eigenvalue weighted by atomic mass is 32.1. The van der Waals surface area contributed by atoms with E-state index in [4.69, 9.17) is 0 Å². The molecule has 5 heteroatoms. The Morgan fingerprint density at radius 1 is 1.24 bits per heavy atom. The minimum Gasteiger partial charge on any atom is -0.367 e. The highest BCUT2D eigenvalue weighted by Gasteiger charge is 2.21. The van der Waals surface area contributed by atoms with E-state index >= 15 is 0 Å². The fraction of sp³-hybridized carbons (Fsp3) is 0.625. The summed E-state index contributed by atoms with van der Waals surface area (Å²) in [5, 5.41) is 7.90. The Hall–Kier alpha value is -1.36. The Balaban J connectivity index is 1.82. The smallest absolute Gasteiger partial charge is 0.225 e. The quantitative estimate of drug-likeness (QED) is 0.877. The molecule has 1 fully saturated rings. The lowest BCUT2D eigenvalue weighted by Gasteiger charge is -2.29. The molecule has 4 nitrogen and oxygen atoms in total. The normalized spacial score (nSPS) is 22.4. The second-order valence-electron chi connectivity index (χ2n) is 5.99. The van der Waals surface area contributed by atoms with Crippen LogP contribution in [0.3, 0.4) is 0 Å². The molecule has 1 saturated carbocycles. The standard InChI is InChI=1S/C16H24N4S/c1-4-11-5-7-12(8-6-11)18-14-13-9-10(2)21-15(13)20-16(17-3)19-14/h9,11-12H,4-8H2,1-3H3,(H2,17,18,19,20). The third kappa shape index (κ3) is 3.12. The van der Waals surface area contributed by atoms with Gasteiger partial charge in [0, 0.05) is 18.0 Å². The SMILES string of the molecule is CCC1CCC(Nc2nc(NC)nc3sc(C)cc23)CC1. The van der Waals surface area contributed by atoms with Crippen LogP contribution in [0.2, 0.25) is 0 Å². The maximum absolute atomic E-state index is 4.64. The molecule has 3 rings (SSSR count). The molecule has 0 bridgehead atoms. The zero-order valence-electron chi connectivity index (χ0n) is 13.1.